The summed E-state index contributed by atoms with van der Waals surface area (Å²) in [5.74, 6) is 0. The zero-order valence-corrected chi connectivity index (χ0v) is 9.43. The molecule has 0 aliphatic carbocycles. The Morgan fingerprint density at radius 3 is 3.20 bits per heavy atom. The Bertz CT molecular complexity index is 378. The molecule has 0 bridgehead atoms. The summed E-state index contributed by atoms with van der Waals surface area (Å²) in [6.07, 6.45) is 4.00. The Balaban J connectivity index is 1.99. The fourth-order valence-corrected chi connectivity index (χ4v) is 2.83. The zero-order valence-electron chi connectivity index (χ0n) is 8.67. The Hall–Kier alpha value is -0.890. The lowest BCUT2D eigenvalue weighted by molar-refractivity contribution is 0.466. The Morgan fingerprint density at radius 2 is 2.27 bits per heavy atom. The molecule has 2 heterocycles. The first-order chi connectivity index (χ1) is 7.34. The van der Waals surface area contributed by atoms with Crippen LogP contribution in [0.5, 0.6) is 0 Å². The van der Waals surface area contributed by atoms with Gasteiger partial charge in [-0.2, -0.15) is 0 Å². The van der Waals surface area contributed by atoms with Crippen molar-refractivity contribution in [2.75, 3.05) is 23.3 Å². The van der Waals surface area contributed by atoms with E-state index >= 15 is 0 Å². The van der Waals surface area contributed by atoms with Crippen LogP contribution >= 0.6 is 11.6 Å². The lowest BCUT2D eigenvalue weighted by Gasteiger charge is -2.42. The fourth-order valence-electron chi connectivity index (χ4n) is 2.66. The largest absolute Gasteiger partial charge is 0.381 e. The van der Waals surface area contributed by atoms with Crippen LogP contribution in [0.25, 0.3) is 0 Å². The molecule has 80 valence electrons. The van der Waals surface area contributed by atoms with E-state index in [9.17, 15) is 0 Å². The standard InChI is InChI=1S/C12H15ClN2/c13-9-4-5-12-11(7-9)14-8-10-3-1-2-6-15(10)12/h4-5,7,10,14H,1-3,6,8H2. The highest BCUT2D eigenvalue weighted by Gasteiger charge is 2.27. The molecule has 0 spiro atoms. The number of piperidine rings is 1. The second-order valence-corrected chi connectivity index (χ2v) is 4.82. The van der Waals surface area contributed by atoms with E-state index in [2.05, 4.69) is 16.3 Å². The molecule has 3 heteroatoms. The van der Waals surface area contributed by atoms with Crippen molar-refractivity contribution in [1.29, 1.82) is 0 Å². The first-order valence-electron chi connectivity index (χ1n) is 5.65. The van der Waals surface area contributed by atoms with Crippen LogP contribution < -0.4 is 10.2 Å². The SMILES string of the molecule is Clc1ccc2c(c1)NCC1CCCCN21. The average molecular weight is 223 g/mol. The van der Waals surface area contributed by atoms with Gasteiger partial charge in [-0.15, -0.1) is 0 Å². The van der Waals surface area contributed by atoms with Gasteiger partial charge < -0.3 is 10.2 Å². The number of halogens is 1. The van der Waals surface area contributed by atoms with E-state index in [4.69, 9.17) is 11.6 Å². The first-order valence-corrected chi connectivity index (χ1v) is 6.02. The predicted octanol–water partition coefficient (Wildman–Crippen LogP) is 3.12. The summed E-state index contributed by atoms with van der Waals surface area (Å²) < 4.78 is 0. The molecule has 1 saturated heterocycles. The van der Waals surface area contributed by atoms with Crippen LogP contribution in [-0.4, -0.2) is 19.1 Å². The van der Waals surface area contributed by atoms with Gasteiger partial charge in [0.2, 0.25) is 0 Å². The van der Waals surface area contributed by atoms with E-state index in [-0.39, 0.29) is 0 Å². The number of rotatable bonds is 0. The number of nitrogens with zero attached hydrogens (tertiary/aromatic N) is 1. The number of anilines is 2. The molecule has 0 radical (unpaired) electrons. The lowest BCUT2D eigenvalue weighted by Crippen LogP contribution is -2.46. The monoisotopic (exact) mass is 222 g/mol. The molecule has 1 aromatic carbocycles. The molecular weight excluding hydrogens is 208 g/mol. The minimum absolute atomic E-state index is 0.687. The van der Waals surface area contributed by atoms with E-state index in [1.54, 1.807) is 0 Å². The minimum atomic E-state index is 0.687. The second-order valence-electron chi connectivity index (χ2n) is 4.39. The maximum Gasteiger partial charge on any atom is 0.0606 e. The third-order valence-electron chi connectivity index (χ3n) is 3.42. The van der Waals surface area contributed by atoms with Gasteiger partial charge in [0.25, 0.3) is 0 Å². The van der Waals surface area contributed by atoms with Crippen LogP contribution in [0.15, 0.2) is 18.2 Å². The molecule has 2 aliphatic rings. The lowest BCUT2D eigenvalue weighted by atomic mass is 9.98. The normalized spacial score (nSPS) is 24.1. The Kier molecular flexibility index (Phi) is 2.24. The van der Waals surface area contributed by atoms with Gasteiger partial charge in [-0.05, 0) is 37.5 Å². The molecular formula is C12H15ClN2. The highest BCUT2D eigenvalue weighted by atomic mass is 35.5. The van der Waals surface area contributed by atoms with Crippen LogP contribution in [0.3, 0.4) is 0 Å². The van der Waals surface area contributed by atoms with E-state index in [1.165, 1.54) is 37.2 Å². The number of hydrogen-bond acceptors (Lipinski definition) is 2. The molecule has 0 amide bonds. The minimum Gasteiger partial charge on any atom is -0.381 e. The molecule has 1 aromatic rings. The Morgan fingerprint density at radius 1 is 1.33 bits per heavy atom. The molecule has 1 atom stereocenters. The highest BCUT2D eigenvalue weighted by Crippen LogP contribution is 2.36. The van der Waals surface area contributed by atoms with Crippen molar-refractivity contribution in [3.8, 4) is 0 Å². The van der Waals surface area contributed by atoms with Crippen molar-refractivity contribution >= 4 is 23.0 Å². The number of fused-ring (bicyclic) bond motifs is 3. The Labute approximate surface area is 95.2 Å². The van der Waals surface area contributed by atoms with Gasteiger partial charge in [0.1, 0.15) is 0 Å². The highest BCUT2D eigenvalue weighted by molar-refractivity contribution is 6.31. The van der Waals surface area contributed by atoms with E-state index in [0.717, 1.165) is 11.6 Å². The summed E-state index contributed by atoms with van der Waals surface area (Å²) in [6, 6.07) is 6.84. The molecule has 15 heavy (non-hydrogen) atoms. The van der Waals surface area contributed by atoms with E-state index in [1.807, 2.05) is 12.1 Å². The molecule has 1 fully saturated rings. The van der Waals surface area contributed by atoms with Crippen LogP contribution in [-0.2, 0) is 0 Å². The van der Waals surface area contributed by atoms with Gasteiger partial charge in [0, 0.05) is 24.2 Å². The van der Waals surface area contributed by atoms with Gasteiger partial charge in [0.05, 0.1) is 11.4 Å². The van der Waals surface area contributed by atoms with Gasteiger partial charge in [-0.3, -0.25) is 0 Å². The number of benzene rings is 1. The van der Waals surface area contributed by atoms with Crippen LogP contribution in [0.4, 0.5) is 11.4 Å². The maximum absolute atomic E-state index is 5.99. The maximum atomic E-state index is 5.99. The smallest absolute Gasteiger partial charge is 0.0606 e. The summed E-state index contributed by atoms with van der Waals surface area (Å²) in [5, 5.41) is 4.29. The summed E-state index contributed by atoms with van der Waals surface area (Å²) in [5.41, 5.74) is 2.52. The van der Waals surface area contributed by atoms with Crippen molar-refractivity contribution in [2.45, 2.75) is 25.3 Å². The third kappa shape index (κ3) is 1.57. The predicted molar refractivity (Wildman–Crippen MR) is 64.9 cm³/mol. The van der Waals surface area contributed by atoms with Gasteiger partial charge >= 0.3 is 0 Å². The molecule has 0 saturated carbocycles. The molecule has 3 rings (SSSR count). The molecule has 0 aromatic heterocycles. The van der Waals surface area contributed by atoms with Crippen LogP contribution in [0.1, 0.15) is 19.3 Å². The first kappa shape index (κ1) is 9.34. The van der Waals surface area contributed by atoms with Crippen molar-refractivity contribution in [3.05, 3.63) is 23.2 Å². The molecule has 2 nitrogen and oxygen atoms in total. The number of nitrogens with one attached hydrogen (secondary N) is 1. The molecule has 2 aliphatic heterocycles. The van der Waals surface area contributed by atoms with Gasteiger partial charge in [-0.25, -0.2) is 0 Å². The summed E-state index contributed by atoms with van der Waals surface area (Å²) >= 11 is 5.99. The summed E-state index contributed by atoms with van der Waals surface area (Å²) in [4.78, 5) is 2.53. The quantitative estimate of drug-likeness (QED) is 0.726. The van der Waals surface area contributed by atoms with Crippen LogP contribution in [0, 0.1) is 0 Å². The number of hydrogen-bond donors (Lipinski definition) is 1. The average Bonchev–Trinajstić information content (AvgIpc) is 2.28. The van der Waals surface area contributed by atoms with Crippen LogP contribution in [0.2, 0.25) is 5.02 Å². The van der Waals surface area contributed by atoms with Crippen molar-refractivity contribution in [2.24, 2.45) is 0 Å². The summed E-state index contributed by atoms with van der Waals surface area (Å²) in [6.45, 7) is 2.26. The molecule has 1 N–H and O–H groups in total. The topological polar surface area (TPSA) is 15.3 Å². The summed E-state index contributed by atoms with van der Waals surface area (Å²) in [7, 11) is 0. The van der Waals surface area contributed by atoms with Gasteiger partial charge in [-0.1, -0.05) is 11.6 Å². The van der Waals surface area contributed by atoms with E-state index < -0.39 is 0 Å². The van der Waals surface area contributed by atoms with Gasteiger partial charge in [0.15, 0.2) is 0 Å². The van der Waals surface area contributed by atoms with Crippen molar-refractivity contribution < 1.29 is 0 Å². The fraction of sp³-hybridized carbons (Fsp3) is 0.500. The van der Waals surface area contributed by atoms with Crippen molar-refractivity contribution in [1.82, 2.24) is 0 Å². The second kappa shape index (κ2) is 3.60. The van der Waals surface area contributed by atoms with Crippen molar-refractivity contribution in [3.63, 3.8) is 0 Å². The van der Waals surface area contributed by atoms with E-state index in [0.29, 0.717) is 6.04 Å². The molecule has 1 unspecified atom stereocenters. The zero-order chi connectivity index (χ0) is 10.3. The third-order valence-corrected chi connectivity index (χ3v) is 3.66.